The van der Waals surface area contributed by atoms with Crippen molar-refractivity contribution < 1.29 is 0 Å². The minimum Gasteiger partial charge on any atom is -0.310 e. The largest absolute Gasteiger partial charge is 0.310 e. The smallest absolute Gasteiger partial charge is 0.0360 e. The van der Waals surface area contributed by atoms with Gasteiger partial charge in [0.1, 0.15) is 0 Å². The maximum absolute atomic E-state index is 3.65. The molecule has 2 aromatic rings. The van der Waals surface area contributed by atoms with Crippen LogP contribution in [0.25, 0.3) is 0 Å². The van der Waals surface area contributed by atoms with Crippen LogP contribution >= 0.6 is 38.5 Å². The summed E-state index contributed by atoms with van der Waals surface area (Å²) in [4.78, 5) is 0. The van der Waals surface area contributed by atoms with Gasteiger partial charge in [-0.25, -0.2) is 0 Å². The molecule has 0 aliphatic carbocycles. The van der Waals surface area contributed by atoms with Gasteiger partial charge in [0.2, 0.25) is 0 Å². The van der Waals surface area contributed by atoms with Crippen molar-refractivity contribution in [2.75, 3.05) is 6.54 Å². The standard InChI is InChI=1S/C18H21BrIN/c1-4-21-17(11-14-5-7-16(20)8-6-14)15-9-12(2)18(19)13(3)10-15/h5-10,17,21H,4,11H2,1-3H3. The first-order chi connectivity index (χ1) is 10.0. The first kappa shape index (κ1) is 17.0. The van der Waals surface area contributed by atoms with Crippen molar-refractivity contribution in [1.82, 2.24) is 5.32 Å². The van der Waals surface area contributed by atoms with E-state index in [4.69, 9.17) is 0 Å². The molecule has 0 aromatic heterocycles. The predicted molar refractivity (Wildman–Crippen MR) is 103 cm³/mol. The van der Waals surface area contributed by atoms with Crippen LogP contribution < -0.4 is 5.32 Å². The Morgan fingerprint density at radius 3 is 2.19 bits per heavy atom. The Morgan fingerprint density at radius 1 is 1.10 bits per heavy atom. The third kappa shape index (κ3) is 4.54. The fourth-order valence-corrected chi connectivity index (χ4v) is 3.18. The Labute approximate surface area is 149 Å². The summed E-state index contributed by atoms with van der Waals surface area (Å²) in [6.45, 7) is 7.46. The van der Waals surface area contributed by atoms with Gasteiger partial charge >= 0.3 is 0 Å². The van der Waals surface area contributed by atoms with E-state index in [9.17, 15) is 0 Å². The molecular formula is C18H21BrIN. The van der Waals surface area contributed by atoms with Crippen molar-refractivity contribution >= 4 is 38.5 Å². The third-order valence-corrected chi connectivity index (χ3v) is 5.63. The van der Waals surface area contributed by atoms with Crippen molar-refractivity contribution in [2.45, 2.75) is 33.2 Å². The van der Waals surface area contributed by atoms with Gasteiger partial charge in [0.25, 0.3) is 0 Å². The van der Waals surface area contributed by atoms with Crippen molar-refractivity contribution in [3.8, 4) is 0 Å². The minimum atomic E-state index is 0.362. The summed E-state index contributed by atoms with van der Waals surface area (Å²) in [6.07, 6.45) is 1.02. The summed E-state index contributed by atoms with van der Waals surface area (Å²) in [7, 11) is 0. The van der Waals surface area contributed by atoms with Crippen LogP contribution in [-0.4, -0.2) is 6.54 Å². The summed E-state index contributed by atoms with van der Waals surface area (Å²) in [6, 6.07) is 13.7. The number of nitrogens with one attached hydrogen (secondary N) is 1. The van der Waals surface area contributed by atoms with Gasteiger partial charge in [-0.2, -0.15) is 0 Å². The quantitative estimate of drug-likeness (QED) is 0.579. The van der Waals surface area contributed by atoms with E-state index in [2.05, 4.69) is 101 Å². The molecule has 0 aliphatic heterocycles. The average Bonchev–Trinajstić information content (AvgIpc) is 2.46. The van der Waals surface area contributed by atoms with Crippen LogP contribution in [0.4, 0.5) is 0 Å². The minimum absolute atomic E-state index is 0.362. The number of halogens is 2. The number of benzene rings is 2. The Hall–Kier alpha value is -0.390. The SMILES string of the molecule is CCNC(Cc1ccc(I)cc1)c1cc(C)c(Br)c(C)c1. The lowest BCUT2D eigenvalue weighted by atomic mass is 9.96. The zero-order valence-corrected chi connectivity index (χ0v) is 16.5. The van der Waals surface area contributed by atoms with Gasteiger partial charge in [0, 0.05) is 14.1 Å². The Balaban J connectivity index is 2.28. The van der Waals surface area contributed by atoms with Crippen LogP contribution in [0.5, 0.6) is 0 Å². The van der Waals surface area contributed by atoms with Crippen LogP contribution in [0, 0.1) is 17.4 Å². The predicted octanol–water partition coefficient (Wildman–Crippen LogP) is 5.56. The normalized spacial score (nSPS) is 12.4. The van der Waals surface area contributed by atoms with E-state index in [0.717, 1.165) is 13.0 Å². The summed E-state index contributed by atoms with van der Waals surface area (Å²) in [5.41, 5.74) is 5.35. The number of rotatable bonds is 5. The van der Waals surface area contributed by atoms with Gasteiger partial charge in [-0.15, -0.1) is 0 Å². The van der Waals surface area contributed by atoms with Gasteiger partial charge < -0.3 is 5.32 Å². The molecule has 0 saturated carbocycles. The van der Waals surface area contributed by atoms with Crippen molar-refractivity contribution in [3.05, 3.63) is 66.7 Å². The zero-order chi connectivity index (χ0) is 15.4. The van der Waals surface area contributed by atoms with E-state index >= 15 is 0 Å². The summed E-state index contributed by atoms with van der Waals surface area (Å²) >= 11 is 6.00. The van der Waals surface area contributed by atoms with Crippen molar-refractivity contribution in [1.29, 1.82) is 0 Å². The summed E-state index contributed by atoms with van der Waals surface area (Å²) in [5, 5.41) is 3.62. The van der Waals surface area contributed by atoms with Crippen LogP contribution in [0.2, 0.25) is 0 Å². The summed E-state index contributed by atoms with van der Waals surface area (Å²) in [5.74, 6) is 0. The molecule has 2 aromatic carbocycles. The van der Waals surface area contributed by atoms with Gasteiger partial charge in [0.05, 0.1) is 0 Å². The molecule has 0 radical (unpaired) electrons. The average molecular weight is 458 g/mol. The Bertz CT molecular complexity index is 584. The lowest BCUT2D eigenvalue weighted by molar-refractivity contribution is 0.549. The Kier molecular flexibility index (Phi) is 6.26. The molecule has 1 nitrogen and oxygen atoms in total. The Morgan fingerprint density at radius 2 is 1.67 bits per heavy atom. The molecule has 1 N–H and O–H groups in total. The van der Waals surface area contributed by atoms with Crippen molar-refractivity contribution in [3.63, 3.8) is 0 Å². The van der Waals surface area contributed by atoms with E-state index in [1.807, 2.05) is 0 Å². The molecule has 1 atom stereocenters. The second-order valence-corrected chi connectivity index (χ2v) is 7.45. The second kappa shape index (κ2) is 7.75. The number of hydrogen-bond donors (Lipinski definition) is 1. The maximum atomic E-state index is 3.65. The molecule has 0 heterocycles. The highest BCUT2D eigenvalue weighted by Gasteiger charge is 2.13. The first-order valence-corrected chi connectivity index (χ1v) is 9.13. The molecule has 21 heavy (non-hydrogen) atoms. The fourth-order valence-electron chi connectivity index (χ4n) is 2.59. The third-order valence-electron chi connectivity index (χ3n) is 3.66. The topological polar surface area (TPSA) is 12.0 Å². The highest BCUT2D eigenvalue weighted by atomic mass is 127. The number of hydrogen-bond acceptors (Lipinski definition) is 1. The molecule has 0 amide bonds. The number of aryl methyl sites for hydroxylation is 2. The van der Waals surface area contributed by atoms with E-state index in [-0.39, 0.29) is 0 Å². The van der Waals surface area contributed by atoms with Gasteiger partial charge in [-0.3, -0.25) is 0 Å². The lowest BCUT2D eigenvalue weighted by Crippen LogP contribution is -2.23. The van der Waals surface area contributed by atoms with Gasteiger partial charge in [-0.05, 0) is 83.8 Å². The van der Waals surface area contributed by atoms with Crippen LogP contribution in [0.15, 0.2) is 40.9 Å². The maximum Gasteiger partial charge on any atom is 0.0360 e. The highest BCUT2D eigenvalue weighted by Crippen LogP contribution is 2.27. The second-order valence-electron chi connectivity index (χ2n) is 5.41. The molecule has 2 rings (SSSR count). The molecule has 0 bridgehead atoms. The molecule has 112 valence electrons. The molecule has 3 heteroatoms. The van der Waals surface area contributed by atoms with Crippen LogP contribution in [-0.2, 0) is 6.42 Å². The molecule has 1 unspecified atom stereocenters. The summed E-state index contributed by atoms with van der Waals surface area (Å²) < 4.78 is 2.50. The van der Waals surface area contributed by atoms with E-state index in [1.54, 1.807) is 0 Å². The van der Waals surface area contributed by atoms with Gasteiger partial charge in [-0.1, -0.05) is 47.1 Å². The lowest BCUT2D eigenvalue weighted by Gasteiger charge is -2.20. The monoisotopic (exact) mass is 457 g/mol. The molecular weight excluding hydrogens is 437 g/mol. The molecule has 0 aliphatic rings. The highest BCUT2D eigenvalue weighted by molar-refractivity contribution is 14.1. The molecule has 0 spiro atoms. The van der Waals surface area contributed by atoms with E-state index in [0.29, 0.717) is 6.04 Å². The van der Waals surface area contributed by atoms with E-state index < -0.39 is 0 Å². The first-order valence-electron chi connectivity index (χ1n) is 7.25. The van der Waals surface area contributed by atoms with Crippen LogP contribution in [0.3, 0.4) is 0 Å². The van der Waals surface area contributed by atoms with Crippen LogP contribution in [0.1, 0.15) is 35.2 Å². The fraction of sp³-hybridized carbons (Fsp3) is 0.333. The van der Waals surface area contributed by atoms with Gasteiger partial charge in [0.15, 0.2) is 0 Å². The van der Waals surface area contributed by atoms with E-state index in [1.165, 1.54) is 30.3 Å². The molecule has 0 saturated heterocycles. The zero-order valence-electron chi connectivity index (χ0n) is 12.7. The van der Waals surface area contributed by atoms with Crippen molar-refractivity contribution in [2.24, 2.45) is 0 Å². The number of likely N-dealkylation sites (N-methyl/N-ethyl adjacent to an activating group) is 1. The molecule has 0 fully saturated rings.